The summed E-state index contributed by atoms with van der Waals surface area (Å²) in [6, 6.07) is 5.92. The lowest BCUT2D eigenvalue weighted by Crippen LogP contribution is -2.31. The minimum absolute atomic E-state index is 0.139. The molecule has 2 N–H and O–H groups in total. The molecule has 0 aliphatic heterocycles. The van der Waals surface area contributed by atoms with Crippen LogP contribution in [0.1, 0.15) is 47.4 Å². The smallest absolute Gasteiger partial charge is 0.272 e. The molecule has 5 rings (SSSR count). The number of pyridine rings is 3. The zero-order valence-electron chi connectivity index (χ0n) is 17.0. The lowest BCUT2D eigenvalue weighted by molar-refractivity contribution is 0.0745. The third kappa shape index (κ3) is 3.14. The second kappa shape index (κ2) is 7.05. The number of hydrogen-bond donors (Lipinski definition) is 1. The van der Waals surface area contributed by atoms with Crippen LogP contribution in [0.3, 0.4) is 0 Å². The summed E-state index contributed by atoms with van der Waals surface area (Å²) in [6.07, 6.45) is 7.72. The topological polar surface area (TPSA) is 103 Å². The molecule has 1 aliphatic carbocycles. The van der Waals surface area contributed by atoms with Gasteiger partial charge in [-0.2, -0.15) is 5.10 Å². The van der Waals surface area contributed by atoms with E-state index in [1.54, 1.807) is 28.0 Å². The number of nitrogens with two attached hydrogens (primary N) is 1. The summed E-state index contributed by atoms with van der Waals surface area (Å²) in [5.74, 6) is 0.936. The number of carbonyl (C=O) groups excluding carboxylic acids is 1. The Labute approximate surface area is 173 Å². The van der Waals surface area contributed by atoms with Crippen molar-refractivity contribution >= 4 is 33.5 Å². The molecule has 4 aromatic heterocycles. The Morgan fingerprint density at radius 3 is 2.73 bits per heavy atom. The fourth-order valence-electron chi connectivity index (χ4n) is 3.85. The Hall–Kier alpha value is -3.55. The van der Waals surface area contributed by atoms with Crippen LogP contribution >= 0.6 is 0 Å². The van der Waals surface area contributed by atoms with Gasteiger partial charge in [-0.1, -0.05) is 6.07 Å². The fourth-order valence-corrected chi connectivity index (χ4v) is 3.85. The van der Waals surface area contributed by atoms with Gasteiger partial charge < -0.3 is 10.6 Å². The summed E-state index contributed by atoms with van der Waals surface area (Å²) in [4.78, 5) is 28.3. The normalized spacial score (nSPS) is 13.8. The van der Waals surface area contributed by atoms with Gasteiger partial charge in [0, 0.05) is 25.2 Å². The predicted octanol–water partition coefficient (Wildman–Crippen LogP) is 3.03. The number of nitrogen functional groups attached to an aromatic ring is 1. The number of aryl methyl sites for hydroxylation is 1. The van der Waals surface area contributed by atoms with Crippen LogP contribution in [0.5, 0.6) is 0 Å². The molecule has 0 radical (unpaired) electrons. The molecular formula is C22H23N7O. The van der Waals surface area contributed by atoms with Crippen LogP contribution < -0.4 is 5.73 Å². The van der Waals surface area contributed by atoms with Gasteiger partial charge in [0.15, 0.2) is 0 Å². The van der Waals surface area contributed by atoms with Gasteiger partial charge in [-0.05, 0) is 43.4 Å². The Kier molecular flexibility index (Phi) is 4.34. The van der Waals surface area contributed by atoms with E-state index >= 15 is 0 Å². The van der Waals surface area contributed by atoms with Gasteiger partial charge >= 0.3 is 0 Å². The van der Waals surface area contributed by atoms with Gasteiger partial charge in [0.25, 0.3) is 5.91 Å². The van der Waals surface area contributed by atoms with Crippen molar-refractivity contribution in [1.29, 1.82) is 0 Å². The second-order valence-electron chi connectivity index (χ2n) is 7.79. The number of nitrogens with zero attached hydrogens (tertiary/aromatic N) is 6. The molecule has 4 heterocycles. The molecule has 0 unspecified atom stereocenters. The quantitative estimate of drug-likeness (QED) is 0.551. The Morgan fingerprint density at radius 2 is 2.03 bits per heavy atom. The second-order valence-corrected chi connectivity index (χ2v) is 7.79. The number of amides is 1. The van der Waals surface area contributed by atoms with Crippen molar-refractivity contribution in [3.63, 3.8) is 0 Å². The SMILES string of the molecule is CCN(Cc1ccc(C2CC2)cn1)C(=O)c1cc2c(cn1)nc(N)c1cnn(C)c12. The number of aromatic nitrogens is 5. The van der Waals surface area contributed by atoms with Crippen LogP contribution in [0.25, 0.3) is 21.8 Å². The van der Waals surface area contributed by atoms with Crippen molar-refractivity contribution in [1.82, 2.24) is 29.6 Å². The molecule has 30 heavy (non-hydrogen) atoms. The highest BCUT2D eigenvalue weighted by atomic mass is 16.2. The van der Waals surface area contributed by atoms with Gasteiger partial charge in [-0.25, -0.2) is 9.97 Å². The lowest BCUT2D eigenvalue weighted by Gasteiger charge is -2.20. The Balaban J connectivity index is 1.46. The van der Waals surface area contributed by atoms with Crippen LogP contribution in [0.2, 0.25) is 0 Å². The van der Waals surface area contributed by atoms with Crippen molar-refractivity contribution in [2.24, 2.45) is 7.05 Å². The third-order valence-corrected chi connectivity index (χ3v) is 5.73. The summed E-state index contributed by atoms with van der Waals surface area (Å²) >= 11 is 0. The molecule has 1 amide bonds. The molecule has 0 saturated heterocycles. The molecule has 0 spiro atoms. The summed E-state index contributed by atoms with van der Waals surface area (Å²) in [5.41, 5.74) is 10.1. The van der Waals surface area contributed by atoms with E-state index in [1.807, 2.05) is 26.2 Å². The molecule has 1 aliphatic rings. The first-order chi connectivity index (χ1) is 14.5. The highest BCUT2D eigenvalue weighted by molar-refractivity contribution is 6.09. The first-order valence-electron chi connectivity index (χ1n) is 10.2. The lowest BCUT2D eigenvalue weighted by atomic mass is 10.1. The number of rotatable bonds is 5. The van der Waals surface area contributed by atoms with E-state index in [0.29, 0.717) is 36.0 Å². The fraction of sp³-hybridized carbons (Fsp3) is 0.318. The molecule has 1 fully saturated rings. The van der Waals surface area contributed by atoms with Crippen molar-refractivity contribution < 1.29 is 4.79 Å². The summed E-state index contributed by atoms with van der Waals surface area (Å²) in [7, 11) is 1.85. The zero-order chi connectivity index (χ0) is 20.8. The van der Waals surface area contributed by atoms with E-state index in [1.165, 1.54) is 18.4 Å². The minimum Gasteiger partial charge on any atom is -0.383 e. The van der Waals surface area contributed by atoms with Gasteiger partial charge in [-0.15, -0.1) is 0 Å². The summed E-state index contributed by atoms with van der Waals surface area (Å²) in [5, 5.41) is 5.86. The van der Waals surface area contributed by atoms with Crippen LogP contribution in [-0.2, 0) is 13.6 Å². The molecule has 152 valence electrons. The van der Waals surface area contributed by atoms with E-state index < -0.39 is 0 Å². The van der Waals surface area contributed by atoms with Crippen LogP contribution in [0.15, 0.2) is 36.8 Å². The monoisotopic (exact) mass is 401 g/mol. The van der Waals surface area contributed by atoms with E-state index in [-0.39, 0.29) is 5.91 Å². The number of carbonyl (C=O) groups is 1. The van der Waals surface area contributed by atoms with Crippen LogP contribution in [-0.4, -0.2) is 42.1 Å². The van der Waals surface area contributed by atoms with Crippen LogP contribution in [0, 0.1) is 0 Å². The maximum atomic E-state index is 13.2. The van der Waals surface area contributed by atoms with Crippen molar-refractivity contribution in [2.75, 3.05) is 12.3 Å². The molecule has 8 nitrogen and oxygen atoms in total. The van der Waals surface area contributed by atoms with E-state index in [2.05, 4.69) is 26.1 Å². The van der Waals surface area contributed by atoms with Crippen molar-refractivity contribution in [2.45, 2.75) is 32.2 Å². The van der Waals surface area contributed by atoms with E-state index in [4.69, 9.17) is 5.73 Å². The predicted molar refractivity (Wildman–Crippen MR) is 115 cm³/mol. The first kappa shape index (κ1) is 18.5. The average Bonchev–Trinajstić information content (AvgIpc) is 3.54. The first-order valence-corrected chi connectivity index (χ1v) is 10.2. The van der Waals surface area contributed by atoms with E-state index in [0.717, 1.165) is 22.0 Å². The van der Waals surface area contributed by atoms with Gasteiger partial charge in [0.2, 0.25) is 0 Å². The molecule has 0 bridgehead atoms. The van der Waals surface area contributed by atoms with E-state index in [9.17, 15) is 4.79 Å². The molecule has 1 saturated carbocycles. The highest BCUT2D eigenvalue weighted by Gasteiger charge is 2.24. The number of anilines is 1. The standard InChI is InChI=1S/C22H23N7O/c1-3-29(12-15-7-6-14(9-24-15)13-4-5-13)22(30)18-8-16-19(11-25-18)27-21(23)17-10-26-28(2)20(16)17/h6-11,13H,3-5,12H2,1-2H3,(H2,23,27). The summed E-state index contributed by atoms with van der Waals surface area (Å²) < 4.78 is 1.74. The Morgan fingerprint density at radius 1 is 1.20 bits per heavy atom. The number of fused-ring (bicyclic) bond motifs is 3. The van der Waals surface area contributed by atoms with Crippen LogP contribution in [0.4, 0.5) is 5.82 Å². The number of hydrogen-bond acceptors (Lipinski definition) is 6. The van der Waals surface area contributed by atoms with Gasteiger partial charge in [-0.3, -0.25) is 14.5 Å². The maximum Gasteiger partial charge on any atom is 0.272 e. The minimum atomic E-state index is -0.139. The third-order valence-electron chi connectivity index (χ3n) is 5.73. The largest absolute Gasteiger partial charge is 0.383 e. The molecule has 0 aromatic carbocycles. The molecule has 4 aromatic rings. The van der Waals surface area contributed by atoms with Gasteiger partial charge in [0.1, 0.15) is 11.5 Å². The molecule has 0 atom stereocenters. The van der Waals surface area contributed by atoms with Crippen molar-refractivity contribution in [3.8, 4) is 0 Å². The highest BCUT2D eigenvalue weighted by Crippen LogP contribution is 2.39. The molecule has 8 heteroatoms. The molecular weight excluding hydrogens is 378 g/mol. The van der Waals surface area contributed by atoms with Crippen molar-refractivity contribution in [3.05, 3.63) is 53.7 Å². The zero-order valence-corrected chi connectivity index (χ0v) is 17.0. The maximum absolute atomic E-state index is 13.2. The van der Waals surface area contributed by atoms with Gasteiger partial charge in [0.05, 0.1) is 41.1 Å². The average molecular weight is 401 g/mol. The Bertz CT molecular complexity index is 1260. The summed E-state index contributed by atoms with van der Waals surface area (Å²) in [6.45, 7) is 2.96.